The lowest BCUT2D eigenvalue weighted by Crippen LogP contribution is -1.98. The van der Waals surface area contributed by atoms with Crippen molar-refractivity contribution in [3.8, 4) is 0 Å². The molecule has 12 heavy (non-hydrogen) atoms. The largest absolute Gasteiger partial charge is 0.272 e. The standard InChI is InChI=1S/C6H4N2O2S2/c9-5(7-3-11)1-2-6(10)8-4-12/h1-2H2. The lowest BCUT2D eigenvalue weighted by atomic mass is 10.3. The summed E-state index contributed by atoms with van der Waals surface area (Å²) < 4.78 is 0. The Morgan fingerprint density at radius 1 is 1.00 bits per heavy atom. The molecule has 0 bridgehead atoms. The fraction of sp³-hybridized carbons (Fsp3) is 0.333. The summed E-state index contributed by atoms with van der Waals surface area (Å²) in [7, 11) is 0. The van der Waals surface area contributed by atoms with Gasteiger partial charge in [0.25, 0.3) is 11.8 Å². The van der Waals surface area contributed by atoms with Gasteiger partial charge in [-0.1, -0.05) is 0 Å². The van der Waals surface area contributed by atoms with Gasteiger partial charge in [-0.3, -0.25) is 9.59 Å². The van der Waals surface area contributed by atoms with Crippen LogP contribution in [0, 0.1) is 0 Å². The number of carbonyl (C=O) groups excluding carboxylic acids is 2. The third kappa shape index (κ3) is 5.70. The number of hydrogen-bond acceptors (Lipinski definition) is 4. The van der Waals surface area contributed by atoms with E-state index in [1.54, 1.807) is 0 Å². The highest BCUT2D eigenvalue weighted by molar-refractivity contribution is 7.78. The quantitative estimate of drug-likeness (QED) is 0.504. The Hall–Kier alpha value is -1.06. The van der Waals surface area contributed by atoms with Crippen LogP contribution in [0.5, 0.6) is 0 Å². The maximum Gasteiger partial charge on any atom is 0.255 e. The first-order valence-electron chi connectivity index (χ1n) is 2.92. The van der Waals surface area contributed by atoms with Crippen LogP contribution in [0.15, 0.2) is 9.98 Å². The van der Waals surface area contributed by atoms with Crippen molar-refractivity contribution < 1.29 is 9.59 Å². The first kappa shape index (κ1) is 10.9. The molecule has 0 rings (SSSR count). The molecule has 0 aliphatic heterocycles. The van der Waals surface area contributed by atoms with Crippen molar-refractivity contribution >= 4 is 46.6 Å². The zero-order valence-corrected chi connectivity index (χ0v) is 7.57. The second-order valence-electron chi connectivity index (χ2n) is 1.69. The molecule has 0 aliphatic carbocycles. The number of rotatable bonds is 3. The first-order valence-corrected chi connectivity index (χ1v) is 3.73. The number of aliphatic imine (C=N–C) groups is 2. The minimum Gasteiger partial charge on any atom is -0.272 e. The Kier molecular flexibility index (Phi) is 6.05. The maximum atomic E-state index is 10.6. The van der Waals surface area contributed by atoms with E-state index in [1.807, 2.05) is 10.3 Å². The van der Waals surface area contributed by atoms with Crippen LogP contribution < -0.4 is 0 Å². The van der Waals surface area contributed by atoms with E-state index in [1.165, 1.54) is 0 Å². The molecule has 0 heterocycles. The van der Waals surface area contributed by atoms with E-state index in [9.17, 15) is 9.59 Å². The Morgan fingerprint density at radius 3 is 1.58 bits per heavy atom. The maximum absolute atomic E-state index is 10.6. The second kappa shape index (κ2) is 6.64. The van der Waals surface area contributed by atoms with Crippen molar-refractivity contribution in [2.75, 3.05) is 0 Å². The molecule has 0 spiro atoms. The minimum absolute atomic E-state index is 0.0248. The van der Waals surface area contributed by atoms with E-state index < -0.39 is 11.8 Å². The van der Waals surface area contributed by atoms with Crippen molar-refractivity contribution in [2.24, 2.45) is 9.98 Å². The van der Waals surface area contributed by atoms with Crippen molar-refractivity contribution in [3.63, 3.8) is 0 Å². The minimum atomic E-state index is -0.488. The van der Waals surface area contributed by atoms with Gasteiger partial charge < -0.3 is 0 Å². The number of amides is 2. The molecule has 0 saturated carbocycles. The van der Waals surface area contributed by atoms with E-state index in [2.05, 4.69) is 34.4 Å². The van der Waals surface area contributed by atoms with Crippen molar-refractivity contribution in [2.45, 2.75) is 12.8 Å². The van der Waals surface area contributed by atoms with Gasteiger partial charge in [-0.2, -0.15) is 9.98 Å². The highest BCUT2D eigenvalue weighted by atomic mass is 32.1. The van der Waals surface area contributed by atoms with Crippen LogP contribution in [0.2, 0.25) is 0 Å². The van der Waals surface area contributed by atoms with Crippen LogP contribution >= 0.6 is 24.4 Å². The van der Waals surface area contributed by atoms with E-state index in [0.717, 1.165) is 0 Å². The topological polar surface area (TPSA) is 58.9 Å². The van der Waals surface area contributed by atoms with Crippen LogP contribution in [0.1, 0.15) is 12.8 Å². The smallest absolute Gasteiger partial charge is 0.255 e. The van der Waals surface area contributed by atoms with E-state index >= 15 is 0 Å². The van der Waals surface area contributed by atoms with E-state index in [-0.39, 0.29) is 12.8 Å². The van der Waals surface area contributed by atoms with Gasteiger partial charge in [0.15, 0.2) is 0 Å². The summed E-state index contributed by atoms with van der Waals surface area (Å²) in [4.78, 5) is 27.5. The first-order chi connectivity index (χ1) is 5.70. The third-order valence-corrected chi connectivity index (χ3v) is 1.08. The summed E-state index contributed by atoms with van der Waals surface area (Å²) in [6, 6.07) is 0. The molecule has 0 atom stereocenters. The van der Waals surface area contributed by atoms with Crippen molar-refractivity contribution in [1.29, 1.82) is 0 Å². The molecule has 0 radical (unpaired) electrons. The predicted molar refractivity (Wildman–Crippen MR) is 49.3 cm³/mol. The van der Waals surface area contributed by atoms with Gasteiger partial charge in [0.2, 0.25) is 0 Å². The molecular weight excluding hydrogens is 196 g/mol. The predicted octanol–water partition coefficient (Wildman–Crippen LogP) is 1.03. The number of carbonyl (C=O) groups is 2. The summed E-state index contributed by atoms with van der Waals surface area (Å²) >= 11 is 8.37. The fourth-order valence-corrected chi connectivity index (χ4v) is 0.631. The summed E-state index contributed by atoms with van der Waals surface area (Å²) in [6.07, 6.45) is -0.0496. The highest BCUT2D eigenvalue weighted by Crippen LogP contribution is 1.93. The van der Waals surface area contributed by atoms with Crippen LogP contribution in [0.25, 0.3) is 0 Å². The Bertz CT molecular complexity index is 258. The molecule has 0 unspecified atom stereocenters. The lowest BCUT2D eigenvalue weighted by molar-refractivity contribution is -0.122. The summed E-state index contributed by atoms with van der Waals surface area (Å²) in [5.41, 5.74) is 0. The summed E-state index contributed by atoms with van der Waals surface area (Å²) in [5, 5.41) is 3.81. The zero-order valence-electron chi connectivity index (χ0n) is 5.94. The third-order valence-electron chi connectivity index (χ3n) is 0.893. The number of isothiocyanates is 2. The van der Waals surface area contributed by atoms with Gasteiger partial charge in [0.1, 0.15) is 0 Å². The van der Waals surface area contributed by atoms with Gasteiger partial charge in [-0.25, -0.2) is 0 Å². The highest BCUT2D eigenvalue weighted by Gasteiger charge is 2.03. The molecule has 0 aromatic rings. The van der Waals surface area contributed by atoms with Gasteiger partial charge in [0.05, 0.1) is 10.3 Å². The second-order valence-corrected chi connectivity index (χ2v) is 2.06. The van der Waals surface area contributed by atoms with Crippen LogP contribution in [-0.4, -0.2) is 22.1 Å². The zero-order chi connectivity index (χ0) is 9.40. The van der Waals surface area contributed by atoms with Gasteiger partial charge in [0, 0.05) is 12.8 Å². The molecule has 6 heteroatoms. The average Bonchev–Trinajstić information content (AvgIpc) is 2.02. The summed E-state index contributed by atoms with van der Waals surface area (Å²) in [6.45, 7) is 0. The fourth-order valence-electron chi connectivity index (χ4n) is 0.427. The molecule has 0 aliphatic rings. The van der Waals surface area contributed by atoms with Gasteiger partial charge >= 0.3 is 0 Å². The number of thiocarbonyl (C=S) groups is 2. The normalized spacial score (nSPS) is 7.67. The molecule has 62 valence electrons. The summed E-state index contributed by atoms with van der Waals surface area (Å²) in [5.74, 6) is -0.976. The van der Waals surface area contributed by atoms with Crippen molar-refractivity contribution in [1.82, 2.24) is 0 Å². The van der Waals surface area contributed by atoms with E-state index in [4.69, 9.17) is 0 Å². The Balaban J connectivity index is 3.83. The molecule has 0 aromatic carbocycles. The molecular formula is C6H4N2O2S2. The van der Waals surface area contributed by atoms with Crippen molar-refractivity contribution in [3.05, 3.63) is 0 Å². The number of nitrogens with zero attached hydrogens (tertiary/aromatic N) is 2. The molecule has 0 aromatic heterocycles. The monoisotopic (exact) mass is 200 g/mol. The average molecular weight is 200 g/mol. The molecule has 0 N–H and O–H groups in total. The molecule has 0 saturated heterocycles. The van der Waals surface area contributed by atoms with Crippen LogP contribution in [0.4, 0.5) is 0 Å². The SMILES string of the molecule is O=C(CCC(=O)N=C=S)N=C=S. The van der Waals surface area contributed by atoms with Crippen LogP contribution in [0.3, 0.4) is 0 Å². The van der Waals surface area contributed by atoms with Crippen LogP contribution in [-0.2, 0) is 9.59 Å². The molecule has 2 amide bonds. The lowest BCUT2D eigenvalue weighted by Gasteiger charge is -1.87. The molecule has 4 nitrogen and oxygen atoms in total. The number of hydrogen-bond donors (Lipinski definition) is 0. The van der Waals surface area contributed by atoms with E-state index in [0.29, 0.717) is 0 Å². The Morgan fingerprint density at radius 2 is 1.33 bits per heavy atom. The molecule has 0 fully saturated rings. The Labute approximate surface area is 79.4 Å². The van der Waals surface area contributed by atoms with Gasteiger partial charge in [-0.05, 0) is 24.4 Å². The van der Waals surface area contributed by atoms with Gasteiger partial charge in [-0.15, -0.1) is 0 Å².